The predicted molar refractivity (Wildman–Crippen MR) is 131 cm³/mol. The number of hydrogen-bond acceptors (Lipinski definition) is 3. The van der Waals surface area contributed by atoms with Crippen LogP contribution in [0.4, 0.5) is 0 Å². The third kappa shape index (κ3) is 9.37. The number of nitrogens with zero attached hydrogens (tertiary/aromatic N) is 2. The number of aromatic nitrogens is 1. The number of aliphatic imine (C=N–C) groups is 1. The molecule has 0 amide bonds. The summed E-state index contributed by atoms with van der Waals surface area (Å²) in [5.41, 5.74) is 0.644. The SMILES string of the molecule is CCNC(=NCC(O)c1cc(Cl)cc(Cl)c1)NCCCCn1ccccc1=O.I. The molecule has 0 aliphatic carbocycles. The van der Waals surface area contributed by atoms with E-state index in [0.29, 0.717) is 41.2 Å². The standard InChI is InChI=1S/C20H26Cl2N4O2.HI/c1-2-23-20(24-8-4-6-10-26-9-5-3-7-19(26)28)25-14-18(27)15-11-16(21)13-17(22)12-15;/h3,5,7,9,11-13,18,27H,2,4,6,8,10,14H2,1H3,(H2,23,24,25);1H. The molecule has 2 rings (SSSR count). The molecule has 1 unspecified atom stereocenters. The topological polar surface area (TPSA) is 78.7 Å². The first-order chi connectivity index (χ1) is 13.5. The lowest BCUT2D eigenvalue weighted by molar-refractivity contribution is 0.187. The summed E-state index contributed by atoms with van der Waals surface area (Å²) in [6.07, 6.45) is 2.76. The normalized spacial score (nSPS) is 12.2. The minimum atomic E-state index is -0.795. The van der Waals surface area contributed by atoms with Gasteiger partial charge in [0.1, 0.15) is 0 Å². The van der Waals surface area contributed by atoms with E-state index >= 15 is 0 Å². The summed E-state index contributed by atoms with van der Waals surface area (Å²) in [7, 11) is 0. The number of aliphatic hydroxyl groups is 1. The fraction of sp³-hybridized carbons (Fsp3) is 0.400. The number of nitrogens with one attached hydrogen (secondary N) is 2. The molecular formula is C20H27Cl2IN4O2. The Kier molecular flexibility index (Phi) is 12.3. The lowest BCUT2D eigenvalue weighted by Crippen LogP contribution is -2.38. The van der Waals surface area contributed by atoms with Crippen molar-refractivity contribution in [3.05, 3.63) is 68.6 Å². The largest absolute Gasteiger partial charge is 0.386 e. The number of hydrogen-bond donors (Lipinski definition) is 3. The molecule has 9 heteroatoms. The molecule has 0 aliphatic rings. The Bertz CT molecular complexity index is 825. The maximum atomic E-state index is 11.7. The minimum Gasteiger partial charge on any atom is -0.386 e. The smallest absolute Gasteiger partial charge is 0.250 e. The van der Waals surface area contributed by atoms with Gasteiger partial charge < -0.3 is 20.3 Å². The molecule has 2 aromatic rings. The molecule has 6 nitrogen and oxygen atoms in total. The molecule has 0 saturated heterocycles. The van der Waals surface area contributed by atoms with E-state index < -0.39 is 6.10 Å². The van der Waals surface area contributed by atoms with Crippen LogP contribution in [-0.4, -0.2) is 35.3 Å². The van der Waals surface area contributed by atoms with Gasteiger partial charge in [-0.25, -0.2) is 0 Å². The van der Waals surface area contributed by atoms with Crippen molar-refractivity contribution in [2.24, 2.45) is 4.99 Å². The first-order valence-corrected chi connectivity index (χ1v) is 10.1. The Labute approximate surface area is 198 Å². The van der Waals surface area contributed by atoms with E-state index in [9.17, 15) is 9.90 Å². The van der Waals surface area contributed by atoms with Gasteiger partial charge in [0.25, 0.3) is 0 Å². The highest BCUT2D eigenvalue weighted by Crippen LogP contribution is 2.23. The van der Waals surface area contributed by atoms with Crippen LogP contribution in [0, 0.1) is 0 Å². The van der Waals surface area contributed by atoms with Crippen LogP contribution >= 0.6 is 47.2 Å². The van der Waals surface area contributed by atoms with Crippen LogP contribution in [0.2, 0.25) is 10.0 Å². The van der Waals surface area contributed by atoms with Crippen molar-refractivity contribution in [1.29, 1.82) is 0 Å². The molecule has 0 bridgehead atoms. The summed E-state index contributed by atoms with van der Waals surface area (Å²) in [5, 5.41) is 17.7. The highest BCUT2D eigenvalue weighted by atomic mass is 127. The van der Waals surface area contributed by atoms with Crippen molar-refractivity contribution in [3.63, 3.8) is 0 Å². The summed E-state index contributed by atoms with van der Waals surface area (Å²) in [4.78, 5) is 16.1. The zero-order chi connectivity index (χ0) is 20.4. The van der Waals surface area contributed by atoms with Crippen LogP contribution in [0.25, 0.3) is 0 Å². The molecule has 29 heavy (non-hydrogen) atoms. The van der Waals surface area contributed by atoms with Crippen LogP contribution in [0.3, 0.4) is 0 Å². The van der Waals surface area contributed by atoms with Crippen LogP contribution in [0.15, 0.2) is 52.4 Å². The lowest BCUT2D eigenvalue weighted by Gasteiger charge is -2.14. The molecular weight excluding hydrogens is 526 g/mol. The lowest BCUT2D eigenvalue weighted by atomic mass is 10.1. The first kappa shape index (κ1) is 25.7. The summed E-state index contributed by atoms with van der Waals surface area (Å²) in [5.74, 6) is 0.631. The average Bonchev–Trinajstić information content (AvgIpc) is 2.66. The van der Waals surface area contributed by atoms with Crippen molar-refractivity contribution in [2.75, 3.05) is 19.6 Å². The highest BCUT2D eigenvalue weighted by Gasteiger charge is 2.09. The summed E-state index contributed by atoms with van der Waals surface area (Å²) >= 11 is 12.0. The second-order valence-corrected chi connectivity index (χ2v) is 7.18. The van der Waals surface area contributed by atoms with E-state index in [2.05, 4.69) is 15.6 Å². The second-order valence-electron chi connectivity index (χ2n) is 6.30. The van der Waals surface area contributed by atoms with Gasteiger partial charge in [-0.1, -0.05) is 29.3 Å². The fourth-order valence-electron chi connectivity index (χ4n) is 2.65. The predicted octanol–water partition coefficient (Wildman–Crippen LogP) is 3.84. The zero-order valence-corrected chi connectivity index (χ0v) is 20.1. The number of guanidine groups is 1. The highest BCUT2D eigenvalue weighted by molar-refractivity contribution is 14.0. The third-order valence-corrected chi connectivity index (χ3v) is 4.49. The van der Waals surface area contributed by atoms with Crippen LogP contribution < -0.4 is 16.2 Å². The molecule has 1 aromatic heterocycles. The molecule has 1 atom stereocenters. The van der Waals surface area contributed by atoms with E-state index in [0.717, 1.165) is 12.8 Å². The van der Waals surface area contributed by atoms with E-state index in [1.807, 2.05) is 13.0 Å². The molecule has 1 aromatic carbocycles. The maximum absolute atomic E-state index is 11.7. The summed E-state index contributed by atoms with van der Waals surface area (Å²) in [6, 6.07) is 10.1. The number of rotatable bonds is 9. The zero-order valence-electron chi connectivity index (χ0n) is 16.3. The third-order valence-electron chi connectivity index (χ3n) is 4.05. The molecule has 3 N–H and O–H groups in total. The van der Waals surface area contributed by atoms with E-state index in [1.165, 1.54) is 0 Å². The average molecular weight is 553 g/mol. The van der Waals surface area contributed by atoms with Gasteiger partial charge in [-0.05, 0) is 49.6 Å². The monoisotopic (exact) mass is 552 g/mol. The van der Waals surface area contributed by atoms with Crippen LogP contribution in [0.1, 0.15) is 31.4 Å². The molecule has 0 aliphatic heterocycles. The molecule has 0 spiro atoms. The van der Waals surface area contributed by atoms with Crippen LogP contribution in [-0.2, 0) is 6.54 Å². The quantitative estimate of drug-likeness (QED) is 0.191. The minimum absolute atomic E-state index is 0. The fourth-order valence-corrected chi connectivity index (χ4v) is 3.19. The number of aliphatic hydroxyl groups excluding tert-OH is 1. The maximum Gasteiger partial charge on any atom is 0.250 e. The molecule has 0 fully saturated rings. The van der Waals surface area contributed by atoms with Crippen LogP contribution in [0.5, 0.6) is 0 Å². The van der Waals surface area contributed by atoms with E-state index in [4.69, 9.17) is 23.2 Å². The van der Waals surface area contributed by atoms with Gasteiger partial charge >= 0.3 is 0 Å². The van der Waals surface area contributed by atoms with Gasteiger partial charge in [-0.3, -0.25) is 9.79 Å². The first-order valence-electron chi connectivity index (χ1n) is 9.31. The Morgan fingerprint density at radius 1 is 1.17 bits per heavy atom. The van der Waals surface area contributed by atoms with Gasteiger partial charge in [0.15, 0.2) is 5.96 Å². The number of halogens is 3. The summed E-state index contributed by atoms with van der Waals surface area (Å²) in [6.45, 7) is 4.28. The van der Waals surface area contributed by atoms with Gasteiger partial charge in [-0.2, -0.15) is 0 Å². The number of benzene rings is 1. The van der Waals surface area contributed by atoms with Gasteiger partial charge in [0, 0.05) is 41.9 Å². The Morgan fingerprint density at radius 3 is 2.55 bits per heavy atom. The Hall–Kier alpha value is -1.29. The molecule has 0 saturated carbocycles. The molecule has 160 valence electrons. The number of pyridine rings is 1. The van der Waals surface area contributed by atoms with E-state index in [-0.39, 0.29) is 36.1 Å². The van der Waals surface area contributed by atoms with E-state index in [1.54, 1.807) is 41.1 Å². The van der Waals surface area contributed by atoms with Gasteiger partial charge in [0.2, 0.25) is 5.56 Å². The van der Waals surface area contributed by atoms with Crippen molar-refractivity contribution in [2.45, 2.75) is 32.4 Å². The van der Waals surface area contributed by atoms with Crippen molar-refractivity contribution < 1.29 is 5.11 Å². The number of aryl methyl sites for hydroxylation is 1. The van der Waals surface area contributed by atoms with Crippen molar-refractivity contribution in [3.8, 4) is 0 Å². The molecule has 1 heterocycles. The Morgan fingerprint density at radius 2 is 1.90 bits per heavy atom. The Balaban J connectivity index is 0.00000420. The second kappa shape index (κ2) is 13.8. The molecule has 0 radical (unpaired) electrons. The summed E-state index contributed by atoms with van der Waals surface area (Å²) < 4.78 is 1.70. The van der Waals surface area contributed by atoms with Gasteiger partial charge in [0.05, 0.1) is 12.6 Å². The number of unbranched alkanes of at least 4 members (excludes halogenated alkanes) is 1. The van der Waals surface area contributed by atoms with Crippen molar-refractivity contribution in [1.82, 2.24) is 15.2 Å². The van der Waals surface area contributed by atoms with Gasteiger partial charge in [-0.15, -0.1) is 24.0 Å². The van der Waals surface area contributed by atoms with Crippen molar-refractivity contribution >= 4 is 53.1 Å².